The Kier molecular flexibility index (Phi) is 3.30. The predicted octanol–water partition coefficient (Wildman–Crippen LogP) is 5.12. The summed E-state index contributed by atoms with van der Waals surface area (Å²) in [5.41, 5.74) is 4.49. The molecule has 0 unspecified atom stereocenters. The molecule has 0 aliphatic rings. The second-order valence-corrected chi connectivity index (χ2v) is 5.49. The molecule has 0 radical (unpaired) electrons. The molecule has 19 heavy (non-hydrogen) atoms. The van der Waals surface area contributed by atoms with Crippen LogP contribution in [0.15, 0.2) is 57.6 Å². The molecule has 96 valence electrons. The van der Waals surface area contributed by atoms with E-state index in [0.29, 0.717) is 0 Å². The molecule has 1 aromatic heterocycles. The number of nitrogens with one attached hydrogen (secondary N) is 1. The first-order chi connectivity index (χ1) is 9.24. The summed E-state index contributed by atoms with van der Waals surface area (Å²) in [5.74, 6) is 0. The van der Waals surface area contributed by atoms with Crippen molar-refractivity contribution in [3.05, 3.63) is 64.3 Å². The number of aryl methyl sites for hydroxylation is 1. The lowest BCUT2D eigenvalue weighted by Crippen LogP contribution is -2.00. The van der Waals surface area contributed by atoms with Gasteiger partial charge >= 0.3 is 0 Å². The Morgan fingerprint density at radius 3 is 2.84 bits per heavy atom. The third-order valence-corrected chi connectivity index (χ3v) is 3.71. The van der Waals surface area contributed by atoms with Crippen molar-refractivity contribution in [1.29, 1.82) is 0 Å². The maximum atomic E-state index is 5.54. The highest BCUT2D eigenvalue weighted by Gasteiger charge is 2.05. The van der Waals surface area contributed by atoms with E-state index in [1.807, 2.05) is 30.5 Å². The maximum Gasteiger partial charge on any atom is 0.134 e. The van der Waals surface area contributed by atoms with Crippen LogP contribution in [0, 0.1) is 6.92 Å². The van der Waals surface area contributed by atoms with Crippen LogP contribution in [0.25, 0.3) is 11.0 Å². The Morgan fingerprint density at radius 2 is 2.00 bits per heavy atom. The van der Waals surface area contributed by atoms with E-state index in [1.165, 1.54) is 16.5 Å². The van der Waals surface area contributed by atoms with E-state index in [9.17, 15) is 0 Å². The first-order valence-corrected chi connectivity index (χ1v) is 6.98. The third-order valence-electron chi connectivity index (χ3n) is 3.22. The number of anilines is 1. The summed E-state index contributed by atoms with van der Waals surface area (Å²) in [6.45, 7) is 2.86. The highest BCUT2D eigenvalue weighted by atomic mass is 79.9. The van der Waals surface area contributed by atoms with Crippen molar-refractivity contribution in [1.82, 2.24) is 0 Å². The summed E-state index contributed by atoms with van der Waals surface area (Å²) in [5, 5.41) is 4.62. The Morgan fingerprint density at radius 1 is 1.16 bits per heavy atom. The van der Waals surface area contributed by atoms with Gasteiger partial charge in [0.25, 0.3) is 0 Å². The number of furan rings is 1. The van der Waals surface area contributed by atoms with Crippen LogP contribution in [-0.2, 0) is 6.54 Å². The van der Waals surface area contributed by atoms with Gasteiger partial charge in [-0.05, 0) is 36.8 Å². The van der Waals surface area contributed by atoms with Crippen molar-refractivity contribution >= 4 is 32.6 Å². The summed E-state index contributed by atoms with van der Waals surface area (Å²) in [6.07, 6.45) is 1.83. The average Bonchev–Trinajstić information content (AvgIpc) is 2.81. The van der Waals surface area contributed by atoms with Gasteiger partial charge in [-0.15, -0.1) is 0 Å². The second-order valence-electron chi connectivity index (χ2n) is 4.57. The summed E-state index contributed by atoms with van der Waals surface area (Å²) in [4.78, 5) is 0. The van der Waals surface area contributed by atoms with Crippen LogP contribution in [0.3, 0.4) is 0 Å². The molecule has 2 aromatic carbocycles. The molecule has 0 fully saturated rings. The smallest absolute Gasteiger partial charge is 0.134 e. The Hall–Kier alpha value is -1.74. The van der Waals surface area contributed by atoms with Gasteiger partial charge in [0.2, 0.25) is 0 Å². The molecule has 0 aliphatic carbocycles. The minimum atomic E-state index is 0.763. The van der Waals surface area contributed by atoms with E-state index in [-0.39, 0.29) is 0 Å². The highest BCUT2D eigenvalue weighted by Crippen LogP contribution is 2.24. The quantitative estimate of drug-likeness (QED) is 0.726. The van der Waals surface area contributed by atoms with Crippen LogP contribution >= 0.6 is 15.9 Å². The molecule has 0 atom stereocenters. The first-order valence-electron chi connectivity index (χ1n) is 6.19. The van der Waals surface area contributed by atoms with Crippen molar-refractivity contribution in [3.8, 4) is 0 Å². The van der Waals surface area contributed by atoms with Crippen molar-refractivity contribution in [2.75, 3.05) is 5.32 Å². The van der Waals surface area contributed by atoms with Gasteiger partial charge in [0, 0.05) is 27.7 Å². The molecule has 2 nitrogen and oxygen atoms in total. The molecule has 3 rings (SSSR count). The van der Waals surface area contributed by atoms with Gasteiger partial charge in [-0.1, -0.05) is 34.1 Å². The van der Waals surface area contributed by atoms with Crippen LogP contribution < -0.4 is 5.32 Å². The van der Waals surface area contributed by atoms with Crippen molar-refractivity contribution in [2.45, 2.75) is 13.5 Å². The van der Waals surface area contributed by atoms with Crippen molar-refractivity contribution in [2.24, 2.45) is 0 Å². The minimum absolute atomic E-state index is 0.763. The largest absolute Gasteiger partial charge is 0.464 e. The lowest BCUT2D eigenvalue weighted by atomic mass is 10.1. The third kappa shape index (κ3) is 2.51. The normalized spacial score (nSPS) is 10.8. The highest BCUT2D eigenvalue weighted by molar-refractivity contribution is 9.10. The van der Waals surface area contributed by atoms with Crippen molar-refractivity contribution in [3.63, 3.8) is 0 Å². The van der Waals surface area contributed by atoms with E-state index in [0.717, 1.165) is 22.3 Å². The predicted molar refractivity (Wildman–Crippen MR) is 82.4 cm³/mol. The number of fused-ring (bicyclic) bond motifs is 1. The molecule has 3 aromatic rings. The fourth-order valence-electron chi connectivity index (χ4n) is 2.19. The lowest BCUT2D eigenvalue weighted by Gasteiger charge is -2.09. The van der Waals surface area contributed by atoms with E-state index >= 15 is 0 Å². The topological polar surface area (TPSA) is 25.2 Å². The monoisotopic (exact) mass is 315 g/mol. The van der Waals surface area contributed by atoms with Gasteiger partial charge < -0.3 is 9.73 Å². The summed E-state index contributed by atoms with van der Waals surface area (Å²) in [7, 11) is 0. The van der Waals surface area contributed by atoms with Crippen molar-refractivity contribution < 1.29 is 4.42 Å². The van der Waals surface area contributed by atoms with Gasteiger partial charge in [-0.2, -0.15) is 0 Å². The van der Waals surface area contributed by atoms with Gasteiger partial charge in [0.05, 0.1) is 6.26 Å². The van der Waals surface area contributed by atoms with Crippen LogP contribution in [-0.4, -0.2) is 0 Å². The molecule has 0 bridgehead atoms. The number of hydrogen-bond acceptors (Lipinski definition) is 2. The van der Waals surface area contributed by atoms with E-state index in [2.05, 4.69) is 46.4 Å². The number of hydrogen-bond donors (Lipinski definition) is 1. The van der Waals surface area contributed by atoms with Crippen LogP contribution in [0.4, 0.5) is 5.69 Å². The maximum absolute atomic E-state index is 5.54. The lowest BCUT2D eigenvalue weighted by molar-refractivity contribution is 0.611. The molecule has 0 aliphatic heterocycles. The van der Waals surface area contributed by atoms with Gasteiger partial charge in [-0.3, -0.25) is 0 Å². The van der Waals surface area contributed by atoms with Gasteiger partial charge in [-0.25, -0.2) is 0 Å². The molecule has 3 heteroatoms. The fraction of sp³-hybridized carbons (Fsp3) is 0.125. The number of para-hydroxylation sites is 1. The standard InChI is InChI=1S/C16H14BrNO/c1-11-8-13(17)6-7-15(11)18-9-12-10-19-16-5-3-2-4-14(12)16/h2-8,10,18H,9H2,1H3. The second kappa shape index (κ2) is 5.10. The summed E-state index contributed by atoms with van der Waals surface area (Å²) in [6, 6.07) is 14.3. The molecule has 1 N–H and O–H groups in total. The Labute approximate surface area is 120 Å². The molecule has 0 amide bonds. The summed E-state index contributed by atoms with van der Waals surface area (Å²) >= 11 is 3.48. The SMILES string of the molecule is Cc1cc(Br)ccc1NCc1coc2ccccc12. The molecule has 0 spiro atoms. The fourth-order valence-corrected chi connectivity index (χ4v) is 2.66. The van der Waals surface area contributed by atoms with E-state index in [1.54, 1.807) is 0 Å². The molecular formula is C16H14BrNO. The summed E-state index contributed by atoms with van der Waals surface area (Å²) < 4.78 is 6.64. The van der Waals surface area contributed by atoms with Gasteiger partial charge in [0.1, 0.15) is 5.58 Å². The molecule has 0 saturated carbocycles. The van der Waals surface area contributed by atoms with E-state index < -0.39 is 0 Å². The Bertz CT molecular complexity index is 718. The zero-order chi connectivity index (χ0) is 13.2. The zero-order valence-electron chi connectivity index (χ0n) is 10.6. The Balaban J connectivity index is 1.82. The number of benzene rings is 2. The average molecular weight is 316 g/mol. The van der Waals surface area contributed by atoms with Crippen LogP contribution in [0.5, 0.6) is 0 Å². The molecule has 0 saturated heterocycles. The number of halogens is 1. The first kappa shape index (κ1) is 12.3. The molecular weight excluding hydrogens is 302 g/mol. The molecule has 1 heterocycles. The van der Waals surface area contributed by atoms with Gasteiger partial charge in [0.15, 0.2) is 0 Å². The zero-order valence-corrected chi connectivity index (χ0v) is 12.2. The van der Waals surface area contributed by atoms with E-state index in [4.69, 9.17) is 4.42 Å². The number of rotatable bonds is 3. The minimum Gasteiger partial charge on any atom is -0.464 e. The van der Waals surface area contributed by atoms with Crippen LogP contribution in [0.1, 0.15) is 11.1 Å². The van der Waals surface area contributed by atoms with Crippen LogP contribution in [0.2, 0.25) is 0 Å².